The number of hydrogen-bond acceptors (Lipinski definition) is 4. The number of rotatable bonds is 7. The summed E-state index contributed by atoms with van der Waals surface area (Å²) >= 11 is 0. The molecule has 0 aromatic heterocycles. The summed E-state index contributed by atoms with van der Waals surface area (Å²) < 4.78 is 10.6. The molecular formula is C16H24N2O3. The molecule has 0 spiro atoms. The van der Waals surface area contributed by atoms with Gasteiger partial charge in [0.2, 0.25) is 5.91 Å². The van der Waals surface area contributed by atoms with Gasteiger partial charge in [0.25, 0.3) is 0 Å². The molecule has 2 N–H and O–H groups in total. The second-order valence-electron chi connectivity index (χ2n) is 5.50. The van der Waals surface area contributed by atoms with Gasteiger partial charge in [-0.05, 0) is 44.9 Å². The first-order valence-electron chi connectivity index (χ1n) is 7.33. The van der Waals surface area contributed by atoms with Gasteiger partial charge < -0.3 is 14.8 Å². The van der Waals surface area contributed by atoms with Crippen LogP contribution in [0.4, 0.5) is 0 Å². The SMILES string of the molecule is COc1ccc(OC)c(C(C)NC(C)C(=O)NC2CC2)c1. The second-order valence-corrected chi connectivity index (χ2v) is 5.50. The zero-order chi connectivity index (χ0) is 15.4. The molecule has 1 saturated carbocycles. The van der Waals surface area contributed by atoms with Crippen LogP contribution in [-0.2, 0) is 4.79 Å². The van der Waals surface area contributed by atoms with Crippen LogP contribution >= 0.6 is 0 Å². The summed E-state index contributed by atoms with van der Waals surface area (Å²) in [7, 11) is 3.27. The number of hydrogen-bond donors (Lipinski definition) is 2. The van der Waals surface area contributed by atoms with Crippen LogP contribution in [0, 0.1) is 0 Å². The third-order valence-corrected chi connectivity index (χ3v) is 3.72. The number of ether oxygens (including phenoxy) is 2. The van der Waals surface area contributed by atoms with Gasteiger partial charge in [0.05, 0.1) is 20.3 Å². The van der Waals surface area contributed by atoms with Gasteiger partial charge in [-0.3, -0.25) is 10.1 Å². The molecule has 0 heterocycles. The Kier molecular flexibility index (Phi) is 5.07. The van der Waals surface area contributed by atoms with Crippen molar-refractivity contribution in [2.45, 2.75) is 44.8 Å². The Bertz CT molecular complexity index is 500. The van der Waals surface area contributed by atoms with Crippen molar-refractivity contribution in [2.75, 3.05) is 14.2 Å². The highest BCUT2D eigenvalue weighted by molar-refractivity contribution is 5.81. The Morgan fingerprint density at radius 1 is 1.24 bits per heavy atom. The lowest BCUT2D eigenvalue weighted by Crippen LogP contribution is -2.43. The van der Waals surface area contributed by atoms with E-state index in [1.165, 1.54) is 0 Å². The van der Waals surface area contributed by atoms with Gasteiger partial charge in [-0.2, -0.15) is 0 Å². The van der Waals surface area contributed by atoms with Crippen molar-refractivity contribution in [3.05, 3.63) is 23.8 Å². The number of carbonyl (C=O) groups excluding carboxylic acids is 1. The zero-order valence-corrected chi connectivity index (χ0v) is 13.1. The number of benzene rings is 1. The van der Waals surface area contributed by atoms with Crippen molar-refractivity contribution in [1.82, 2.24) is 10.6 Å². The van der Waals surface area contributed by atoms with Crippen molar-refractivity contribution in [1.29, 1.82) is 0 Å². The first-order chi connectivity index (χ1) is 10.0. The predicted octanol–water partition coefficient (Wildman–Crippen LogP) is 2.02. The van der Waals surface area contributed by atoms with Crippen LogP contribution < -0.4 is 20.1 Å². The molecule has 0 aliphatic heterocycles. The van der Waals surface area contributed by atoms with Crippen molar-refractivity contribution in [3.63, 3.8) is 0 Å². The largest absolute Gasteiger partial charge is 0.497 e. The highest BCUT2D eigenvalue weighted by Crippen LogP contribution is 2.29. The standard InChI is InChI=1S/C16H24N2O3/c1-10(17-11(2)16(19)18-12-5-6-12)14-9-13(20-3)7-8-15(14)21-4/h7-12,17H,5-6H2,1-4H3,(H,18,19). The van der Waals surface area contributed by atoms with Crippen molar-refractivity contribution >= 4 is 5.91 Å². The van der Waals surface area contributed by atoms with Crippen molar-refractivity contribution in [3.8, 4) is 11.5 Å². The average molecular weight is 292 g/mol. The Morgan fingerprint density at radius 3 is 2.52 bits per heavy atom. The minimum Gasteiger partial charge on any atom is -0.497 e. The van der Waals surface area contributed by atoms with E-state index >= 15 is 0 Å². The minimum atomic E-state index is -0.253. The molecule has 0 saturated heterocycles. The number of carbonyl (C=O) groups is 1. The van der Waals surface area contributed by atoms with Gasteiger partial charge in [0, 0.05) is 17.6 Å². The molecule has 21 heavy (non-hydrogen) atoms. The molecule has 2 unspecified atom stereocenters. The number of nitrogens with one attached hydrogen (secondary N) is 2. The summed E-state index contributed by atoms with van der Waals surface area (Å²) in [6, 6.07) is 5.77. The zero-order valence-electron chi connectivity index (χ0n) is 13.1. The highest BCUT2D eigenvalue weighted by Gasteiger charge is 2.26. The summed E-state index contributed by atoms with van der Waals surface area (Å²) in [5, 5.41) is 6.31. The van der Waals surface area contributed by atoms with Crippen LogP contribution in [0.5, 0.6) is 11.5 Å². The Hall–Kier alpha value is -1.75. The lowest BCUT2D eigenvalue weighted by atomic mass is 10.1. The van der Waals surface area contributed by atoms with E-state index in [1.54, 1.807) is 14.2 Å². The van der Waals surface area contributed by atoms with Gasteiger partial charge >= 0.3 is 0 Å². The average Bonchev–Trinajstić information content (AvgIpc) is 3.30. The molecule has 0 bridgehead atoms. The quantitative estimate of drug-likeness (QED) is 0.807. The highest BCUT2D eigenvalue weighted by atomic mass is 16.5. The van der Waals surface area contributed by atoms with Gasteiger partial charge in [0.1, 0.15) is 11.5 Å². The molecule has 1 aliphatic rings. The maximum atomic E-state index is 12.0. The molecular weight excluding hydrogens is 268 g/mol. The van der Waals surface area contributed by atoms with Crippen LogP contribution in [0.2, 0.25) is 0 Å². The smallest absolute Gasteiger partial charge is 0.237 e. The van der Waals surface area contributed by atoms with Crippen molar-refractivity contribution in [2.24, 2.45) is 0 Å². The normalized spacial score (nSPS) is 17.0. The third-order valence-electron chi connectivity index (χ3n) is 3.72. The first-order valence-corrected chi connectivity index (χ1v) is 7.33. The van der Waals surface area contributed by atoms with Crippen LogP contribution in [0.25, 0.3) is 0 Å². The molecule has 116 valence electrons. The third kappa shape index (κ3) is 4.11. The lowest BCUT2D eigenvalue weighted by molar-refractivity contribution is -0.123. The van der Waals surface area contributed by atoms with Crippen LogP contribution in [-0.4, -0.2) is 32.2 Å². The van der Waals surface area contributed by atoms with Gasteiger partial charge in [-0.15, -0.1) is 0 Å². The molecule has 1 aromatic rings. The maximum Gasteiger partial charge on any atom is 0.237 e. The molecule has 1 fully saturated rings. The van der Waals surface area contributed by atoms with Gasteiger partial charge in [-0.1, -0.05) is 0 Å². The number of methoxy groups -OCH3 is 2. The Labute approximate surface area is 126 Å². The van der Waals surface area contributed by atoms with E-state index in [9.17, 15) is 4.79 Å². The number of amides is 1. The first kappa shape index (κ1) is 15.6. The van der Waals surface area contributed by atoms with Crippen LogP contribution in [0.1, 0.15) is 38.3 Å². The van der Waals surface area contributed by atoms with Crippen LogP contribution in [0.3, 0.4) is 0 Å². The fourth-order valence-corrected chi connectivity index (χ4v) is 2.27. The van der Waals surface area contributed by atoms with E-state index in [4.69, 9.17) is 9.47 Å². The van der Waals surface area contributed by atoms with Gasteiger partial charge in [0.15, 0.2) is 0 Å². The molecule has 1 amide bonds. The lowest BCUT2D eigenvalue weighted by Gasteiger charge is -2.22. The minimum absolute atomic E-state index is 0.0185. The second kappa shape index (κ2) is 6.80. The van der Waals surface area contributed by atoms with E-state index in [0.29, 0.717) is 6.04 Å². The summed E-state index contributed by atoms with van der Waals surface area (Å²) in [6.07, 6.45) is 2.19. The fraction of sp³-hybridized carbons (Fsp3) is 0.562. The Balaban J connectivity index is 2.03. The molecule has 2 rings (SSSR count). The van der Waals surface area contributed by atoms with E-state index in [2.05, 4.69) is 10.6 Å². The predicted molar refractivity (Wildman–Crippen MR) is 81.7 cm³/mol. The summed E-state index contributed by atoms with van der Waals surface area (Å²) in [5.41, 5.74) is 0.975. The molecule has 1 aliphatic carbocycles. The maximum absolute atomic E-state index is 12.0. The molecule has 5 heteroatoms. The molecule has 5 nitrogen and oxygen atoms in total. The fourth-order valence-electron chi connectivity index (χ4n) is 2.27. The molecule has 1 aromatic carbocycles. The summed E-state index contributed by atoms with van der Waals surface area (Å²) in [5.74, 6) is 1.60. The summed E-state index contributed by atoms with van der Waals surface area (Å²) in [4.78, 5) is 12.0. The monoisotopic (exact) mass is 292 g/mol. The van der Waals surface area contributed by atoms with E-state index in [0.717, 1.165) is 29.9 Å². The van der Waals surface area contributed by atoms with Crippen LogP contribution in [0.15, 0.2) is 18.2 Å². The van der Waals surface area contributed by atoms with E-state index < -0.39 is 0 Å². The molecule has 0 radical (unpaired) electrons. The summed E-state index contributed by atoms with van der Waals surface area (Å²) in [6.45, 7) is 3.89. The van der Waals surface area contributed by atoms with Gasteiger partial charge in [-0.25, -0.2) is 0 Å². The Morgan fingerprint density at radius 2 is 1.95 bits per heavy atom. The molecule has 2 atom stereocenters. The van der Waals surface area contributed by atoms with Crippen molar-refractivity contribution < 1.29 is 14.3 Å². The van der Waals surface area contributed by atoms with E-state index in [-0.39, 0.29) is 18.0 Å². The topological polar surface area (TPSA) is 59.6 Å². The van der Waals surface area contributed by atoms with E-state index in [1.807, 2.05) is 32.0 Å².